The minimum atomic E-state index is -0.307. The number of amides is 1. The molecule has 1 N–H and O–H groups in total. The van der Waals surface area contributed by atoms with Crippen LogP contribution in [0, 0.1) is 5.92 Å². The van der Waals surface area contributed by atoms with E-state index in [0.717, 1.165) is 17.0 Å². The lowest BCUT2D eigenvalue weighted by Gasteiger charge is -2.09. The van der Waals surface area contributed by atoms with Crippen molar-refractivity contribution in [1.29, 1.82) is 0 Å². The van der Waals surface area contributed by atoms with Gasteiger partial charge >= 0.3 is 0 Å². The van der Waals surface area contributed by atoms with Gasteiger partial charge in [-0.2, -0.15) is 0 Å². The molecule has 0 bridgehead atoms. The summed E-state index contributed by atoms with van der Waals surface area (Å²) in [6.07, 6.45) is 0.891. The number of benzene rings is 1. The number of thiocarbonyl (C=S) groups is 1. The number of carbonyl (C=O) groups excluding carboxylic acids is 1. The summed E-state index contributed by atoms with van der Waals surface area (Å²) >= 11 is 5.10. The summed E-state index contributed by atoms with van der Waals surface area (Å²) in [6.45, 7) is 0. The number of nitrogens with one attached hydrogen (secondary N) is 1. The van der Waals surface area contributed by atoms with Crippen molar-refractivity contribution in [3.63, 3.8) is 0 Å². The Morgan fingerprint density at radius 3 is 2.57 bits per heavy atom. The smallest absolute Gasteiger partial charge is 0.236 e. The standard InChI is InChI=1S/C11H9NOS/c13-10-11(6-8(11)9(14)12-10)7-4-2-1-3-5-7/h1-5,8H,6H2,(H,12,13,14). The van der Waals surface area contributed by atoms with Crippen LogP contribution in [0.1, 0.15) is 12.0 Å². The summed E-state index contributed by atoms with van der Waals surface area (Å²) in [5, 5.41) is 2.75. The molecule has 1 amide bonds. The molecule has 0 spiro atoms. The highest BCUT2D eigenvalue weighted by Crippen LogP contribution is 2.57. The van der Waals surface area contributed by atoms with Gasteiger partial charge in [-0.25, -0.2) is 0 Å². The molecule has 1 saturated heterocycles. The number of hydrogen-bond acceptors (Lipinski definition) is 2. The number of fused-ring (bicyclic) bond motifs is 1. The Balaban J connectivity index is 2.09. The zero-order valence-corrected chi connectivity index (χ0v) is 8.30. The third-order valence-electron chi connectivity index (χ3n) is 3.21. The molecular formula is C11H9NOS. The second-order valence-corrected chi connectivity index (χ2v) is 4.35. The van der Waals surface area contributed by atoms with Gasteiger partial charge in [0.2, 0.25) is 5.91 Å². The fourth-order valence-corrected chi connectivity index (χ4v) is 2.70. The normalized spacial score (nSPS) is 33.9. The number of carbonyl (C=O) groups is 1. The van der Waals surface area contributed by atoms with E-state index in [9.17, 15) is 4.79 Å². The van der Waals surface area contributed by atoms with Crippen LogP contribution < -0.4 is 5.32 Å². The molecular weight excluding hydrogens is 194 g/mol. The molecule has 2 fully saturated rings. The Kier molecular flexibility index (Phi) is 1.40. The molecule has 1 aliphatic heterocycles. The van der Waals surface area contributed by atoms with Crippen LogP contribution in [0.2, 0.25) is 0 Å². The van der Waals surface area contributed by atoms with E-state index in [1.165, 1.54) is 0 Å². The van der Waals surface area contributed by atoms with E-state index in [0.29, 0.717) is 0 Å². The number of piperidine rings is 1. The molecule has 2 unspecified atom stereocenters. The van der Waals surface area contributed by atoms with E-state index in [2.05, 4.69) is 5.32 Å². The topological polar surface area (TPSA) is 29.1 Å². The van der Waals surface area contributed by atoms with Crippen molar-refractivity contribution in [3.05, 3.63) is 35.9 Å². The van der Waals surface area contributed by atoms with E-state index in [-0.39, 0.29) is 17.2 Å². The maximum Gasteiger partial charge on any atom is 0.236 e. The lowest BCUT2D eigenvalue weighted by atomic mass is 9.94. The van der Waals surface area contributed by atoms with E-state index in [4.69, 9.17) is 12.2 Å². The third kappa shape index (κ3) is 0.805. The lowest BCUT2D eigenvalue weighted by Crippen LogP contribution is -2.29. The molecule has 1 aliphatic carbocycles. The van der Waals surface area contributed by atoms with Gasteiger partial charge in [0, 0.05) is 5.92 Å². The first-order valence-electron chi connectivity index (χ1n) is 4.66. The zero-order valence-electron chi connectivity index (χ0n) is 7.49. The van der Waals surface area contributed by atoms with Gasteiger partial charge in [-0.05, 0) is 12.0 Å². The van der Waals surface area contributed by atoms with Gasteiger partial charge in [-0.3, -0.25) is 4.79 Å². The van der Waals surface area contributed by atoms with Crippen LogP contribution in [0.25, 0.3) is 0 Å². The quantitative estimate of drug-likeness (QED) is 0.699. The summed E-state index contributed by atoms with van der Waals surface area (Å²) < 4.78 is 0. The average molecular weight is 203 g/mol. The maximum atomic E-state index is 11.7. The van der Waals surface area contributed by atoms with E-state index in [1.54, 1.807) is 0 Å². The highest BCUT2D eigenvalue weighted by atomic mass is 32.1. The van der Waals surface area contributed by atoms with Crippen molar-refractivity contribution in [3.8, 4) is 0 Å². The van der Waals surface area contributed by atoms with Crippen molar-refractivity contribution < 1.29 is 4.79 Å². The molecule has 1 heterocycles. The molecule has 70 valence electrons. The third-order valence-corrected chi connectivity index (χ3v) is 3.59. The highest BCUT2D eigenvalue weighted by Gasteiger charge is 2.67. The van der Waals surface area contributed by atoms with Gasteiger partial charge in [0.25, 0.3) is 0 Å². The van der Waals surface area contributed by atoms with Crippen molar-refractivity contribution in [2.24, 2.45) is 5.92 Å². The second-order valence-electron chi connectivity index (χ2n) is 3.91. The number of rotatable bonds is 1. The van der Waals surface area contributed by atoms with Gasteiger partial charge in [-0.15, -0.1) is 0 Å². The van der Waals surface area contributed by atoms with E-state index in [1.807, 2.05) is 30.3 Å². The molecule has 2 nitrogen and oxygen atoms in total. The fourth-order valence-electron chi connectivity index (χ4n) is 2.33. The van der Waals surface area contributed by atoms with Gasteiger partial charge in [-0.1, -0.05) is 42.5 Å². The zero-order chi connectivity index (χ0) is 9.76. The molecule has 14 heavy (non-hydrogen) atoms. The van der Waals surface area contributed by atoms with Crippen LogP contribution in [0.4, 0.5) is 0 Å². The molecule has 3 rings (SSSR count). The molecule has 1 aromatic rings. The lowest BCUT2D eigenvalue weighted by molar-refractivity contribution is -0.121. The Morgan fingerprint density at radius 1 is 1.36 bits per heavy atom. The molecule has 0 aromatic heterocycles. The maximum absolute atomic E-state index is 11.7. The predicted molar refractivity (Wildman–Crippen MR) is 57.0 cm³/mol. The molecule has 2 atom stereocenters. The number of hydrogen-bond donors (Lipinski definition) is 1. The van der Waals surface area contributed by atoms with Crippen LogP contribution in [0.3, 0.4) is 0 Å². The van der Waals surface area contributed by atoms with Gasteiger partial charge in [0.05, 0.1) is 10.4 Å². The first-order chi connectivity index (χ1) is 6.75. The SMILES string of the molecule is O=C1NC(=S)C2CC12c1ccccc1. The minimum absolute atomic E-state index is 0.0821. The molecule has 0 radical (unpaired) electrons. The van der Waals surface area contributed by atoms with Crippen molar-refractivity contribution in [1.82, 2.24) is 5.32 Å². The monoisotopic (exact) mass is 203 g/mol. The van der Waals surface area contributed by atoms with Crippen molar-refractivity contribution in [2.45, 2.75) is 11.8 Å². The molecule has 3 heteroatoms. The Hall–Kier alpha value is -1.22. The summed E-state index contributed by atoms with van der Waals surface area (Å²) in [4.78, 5) is 12.5. The second kappa shape index (κ2) is 2.42. The molecule has 2 aliphatic rings. The predicted octanol–water partition coefficient (Wildman–Crippen LogP) is 1.40. The first-order valence-corrected chi connectivity index (χ1v) is 5.07. The first kappa shape index (κ1) is 8.12. The van der Waals surface area contributed by atoms with Crippen molar-refractivity contribution in [2.75, 3.05) is 0 Å². The van der Waals surface area contributed by atoms with E-state index >= 15 is 0 Å². The molecule has 1 saturated carbocycles. The summed E-state index contributed by atoms with van der Waals surface area (Å²) in [6, 6.07) is 9.91. The van der Waals surface area contributed by atoms with E-state index < -0.39 is 0 Å². The largest absolute Gasteiger partial charge is 0.319 e. The fraction of sp³-hybridized carbons (Fsp3) is 0.273. The summed E-state index contributed by atoms with van der Waals surface area (Å²) in [7, 11) is 0. The Morgan fingerprint density at radius 2 is 2.07 bits per heavy atom. The Labute approximate surface area is 87.3 Å². The van der Waals surface area contributed by atoms with Crippen LogP contribution >= 0.6 is 12.2 Å². The van der Waals surface area contributed by atoms with Crippen LogP contribution in [0.15, 0.2) is 30.3 Å². The van der Waals surface area contributed by atoms with Crippen LogP contribution in [0.5, 0.6) is 0 Å². The van der Waals surface area contributed by atoms with Gasteiger partial charge in [0.15, 0.2) is 0 Å². The van der Waals surface area contributed by atoms with Crippen LogP contribution in [-0.4, -0.2) is 10.9 Å². The molecule has 1 aromatic carbocycles. The summed E-state index contributed by atoms with van der Waals surface area (Å²) in [5.41, 5.74) is 0.792. The minimum Gasteiger partial charge on any atom is -0.319 e. The highest BCUT2D eigenvalue weighted by molar-refractivity contribution is 7.80. The Bertz CT molecular complexity index is 428. The summed E-state index contributed by atoms with van der Waals surface area (Å²) in [5.74, 6) is 0.339. The average Bonchev–Trinajstić information content (AvgIpc) is 2.90. The van der Waals surface area contributed by atoms with Gasteiger partial charge in [0.1, 0.15) is 0 Å². The van der Waals surface area contributed by atoms with Crippen LogP contribution in [-0.2, 0) is 10.2 Å². The van der Waals surface area contributed by atoms with Crippen molar-refractivity contribution >= 4 is 23.1 Å². The van der Waals surface area contributed by atoms with Gasteiger partial charge < -0.3 is 5.32 Å².